The molecule has 0 unspecified atom stereocenters. The molecule has 3 rings (SSSR count). The van der Waals surface area contributed by atoms with Gasteiger partial charge in [-0.3, -0.25) is 0 Å². The quantitative estimate of drug-likeness (QED) is 0.792. The normalized spacial score (nSPS) is 15.8. The summed E-state index contributed by atoms with van der Waals surface area (Å²) in [6, 6.07) is 6.40. The number of anilines is 2. The first kappa shape index (κ1) is 14.0. The summed E-state index contributed by atoms with van der Waals surface area (Å²) in [4.78, 5) is 4.61. The Hall–Kier alpha value is -1.00. The molecular formula is C15H17BrClN3. The number of imidazole rings is 1. The van der Waals surface area contributed by atoms with Gasteiger partial charge in [-0.25, -0.2) is 4.98 Å². The fourth-order valence-electron chi connectivity index (χ4n) is 2.77. The fraction of sp³-hybridized carbons (Fsp3) is 0.400. The number of rotatable bonds is 3. The molecule has 0 radical (unpaired) electrons. The van der Waals surface area contributed by atoms with Gasteiger partial charge in [-0.15, -0.1) is 0 Å². The molecule has 0 aliphatic heterocycles. The Morgan fingerprint density at radius 2 is 2.10 bits per heavy atom. The Morgan fingerprint density at radius 3 is 2.80 bits per heavy atom. The van der Waals surface area contributed by atoms with Crippen LogP contribution < -0.4 is 5.32 Å². The van der Waals surface area contributed by atoms with Crippen LogP contribution in [0.5, 0.6) is 0 Å². The molecule has 1 fully saturated rings. The van der Waals surface area contributed by atoms with E-state index in [1.807, 2.05) is 25.1 Å². The molecule has 1 aromatic heterocycles. The number of benzene rings is 1. The van der Waals surface area contributed by atoms with Crippen LogP contribution in [0.1, 0.15) is 37.4 Å². The SMILES string of the molecule is Cc1cn(C2CCCC2)c(Nc2ccc(Cl)c(Br)c2)n1. The maximum atomic E-state index is 6.03. The fourth-order valence-corrected chi connectivity index (χ4v) is 3.27. The van der Waals surface area contributed by atoms with Gasteiger partial charge in [0.25, 0.3) is 0 Å². The highest BCUT2D eigenvalue weighted by Crippen LogP contribution is 2.33. The van der Waals surface area contributed by atoms with Crippen LogP contribution in [0.25, 0.3) is 0 Å². The zero-order chi connectivity index (χ0) is 14.1. The summed E-state index contributed by atoms with van der Waals surface area (Å²) in [6.07, 6.45) is 7.26. The predicted molar refractivity (Wildman–Crippen MR) is 86.9 cm³/mol. The molecular weight excluding hydrogens is 338 g/mol. The van der Waals surface area contributed by atoms with E-state index < -0.39 is 0 Å². The van der Waals surface area contributed by atoms with Gasteiger partial charge in [0.1, 0.15) is 0 Å². The van der Waals surface area contributed by atoms with E-state index in [9.17, 15) is 0 Å². The Morgan fingerprint density at radius 1 is 1.35 bits per heavy atom. The van der Waals surface area contributed by atoms with Gasteiger partial charge in [0, 0.05) is 22.4 Å². The number of aryl methyl sites for hydroxylation is 1. The van der Waals surface area contributed by atoms with E-state index in [0.717, 1.165) is 21.8 Å². The third-order valence-corrected chi connectivity index (χ3v) is 4.96. The van der Waals surface area contributed by atoms with Gasteiger partial charge >= 0.3 is 0 Å². The van der Waals surface area contributed by atoms with Gasteiger partial charge < -0.3 is 9.88 Å². The third-order valence-electron chi connectivity index (χ3n) is 3.75. The van der Waals surface area contributed by atoms with Crippen molar-refractivity contribution in [2.45, 2.75) is 38.6 Å². The molecule has 1 aliphatic carbocycles. The largest absolute Gasteiger partial charge is 0.326 e. The lowest BCUT2D eigenvalue weighted by molar-refractivity contribution is 0.524. The summed E-state index contributed by atoms with van der Waals surface area (Å²) in [7, 11) is 0. The molecule has 1 aliphatic rings. The monoisotopic (exact) mass is 353 g/mol. The first-order chi connectivity index (χ1) is 9.63. The molecule has 0 amide bonds. The van der Waals surface area contributed by atoms with Crippen molar-refractivity contribution in [2.75, 3.05) is 5.32 Å². The Bertz CT molecular complexity index is 618. The van der Waals surface area contributed by atoms with E-state index in [-0.39, 0.29) is 0 Å². The van der Waals surface area contributed by atoms with Gasteiger partial charge in [-0.1, -0.05) is 24.4 Å². The number of hydrogen-bond acceptors (Lipinski definition) is 2. The number of nitrogens with zero attached hydrogens (tertiary/aromatic N) is 2. The molecule has 0 atom stereocenters. The standard InChI is InChI=1S/C15H17BrClN3/c1-10-9-20(12-4-2-3-5-12)15(18-10)19-11-6-7-14(17)13(16)8-11/h6-9,12H,2-5H2,1H3,(H,18,19). The van der Waals surface area contributed by atoms with Gasteiger partial charge in [-0.2, -0.15) is 0 Å². The van der Waals surface area contributed by atoms with Crippen LogP contribution in [-0.4, -0.2) is 9.55 Å². The zero-order valence-electron chi connectivity index (χ0n) is 11.4. The van der Waals surface area contributed by atoms with Crippen molar-refractivity contribution >= 4 is 39.2 Å². The molecule has 3 nitrogen and oxygen atoms in total. The highest BCUT2D eigenvalue weighted by molar-refractivity contribution is 9.10. The second kappa shape index (κ2) is 5.78. The smallest absolute Gasteiger partial charge is 0.207 e. The molecule has 2 aromatic rings. The average molecular weight is 355 g/mol. The Kier molecular flexibility index (Phi) is 4.03. The van der Waals surface area contributed by atoms with Crippen LogP contribution in [-0.2, 0) is 0 Å². The topological polar surface area (TPSA) is 29.9 Å². The van der Waals surface area contributed by atoms with Crippen LogP contribution in [0.2, 0.25) is 5.02 Å². The summed E-state index contributed by atoms with van der Waals surface area (Å²) in [5.41, 5.74) is 2.04. The molecule has 20 heavy (non-hydrogen) atoms. The minimum absolute atomic E-state index is 0.578. The Labute approximate surface area is 132 Å². The van der Waals surface area contributed by atoms with Crippen molar-refractivity contribution in [1.29, 1.82) is 0 Å². The van der Waals surface area contributed by atoms with Crippen LogP contribution in [0.3, 0.4) is 0 Å². The molecule has 0 spiro atoms. The van der Waals surface area contributed by atoms with Gasteiger partial charge in [-0.05, 0) is 53.9 Å². The van der Waals surface area contributed by atoms with Crippen molar-refractivity contribution in [2.24, 2.45) is 0 Å². The Balaban J connectivity index is 1.87. The van der Waals surface area contributed by atoms with Gasteiger partial charge in [0.2, 0.25) is 5.95 Å². The van der Waals surface area contributed by atoms with Crippen molar-refractivity contribution in [3.8, 4) is 0 Å². The van der Waals surface area contributed by atoms with Gasteiger partial charge in [0.05, 0.1) is 10.7 Å². The number of aromatic nitrogens is 2. The van der Waals surface area contributed by atoms with E-state index in [4.69, 9.17) is 11.6 Å². The van der Waals surface area contributed by atoms with Crippen LogP contribution in [0, 0.1) is 6.92 Å². The van der Waals surface area contributed by atoms with Crippen LogP contribution in [0.4, 0.5) is 11.6 Å². The van der Waals surface area contributed by atoms with Crippen molar-refractivity contribution in [1.82, 2.24) is 9.55 Å². The maximum absolute atomic E-state index is 6.03. The lowest BCUT2D eigenvalue weighted by Crippen LogP contribution is -2.07. The molecule has 5 heteroatoms. The number of hydrogen-bond donors (Lipinski definition) is 1. The highest BCUT2D eigenvalue weighted by Gasteiger charge is 2.20. The second-order valence-corrected chi connectivity index (χ2v) is 6.57. The highest BCUT2D eigenvalue weighted by atomic mass is 79.9. The van der Waals surface area contributed by atoms with Crippen LogP contribution in [0.15, 0.2) is 28.9 Å². The molecule has 0 saturated heterocycles. The van der Waals surface area contributed by atoms with Crippen molar-refractivity contribution < 1.29 is 0 Å². The van der Waals surface area contributed by atoms with E-state index in [1.165, 1.54) is 25.7 Å². The summed E-state index contributed by atoms with van der Waals surface area (Å²) in [5, 5.41) is 4.12. The molecule has 1 aromatic carbocycles. The van der Waals surface area contributed by atoms with Crippen LogP contribution >= 0.6 is 27.5 Å². The predicted octanol–water partition coefficient (Wildman–Crippen LogP) is 5.47. The van der Waals surface area contributed by atoms with E-state index in [1.54, 1.807) is 0 Å². The molecule has 1 heterocycles. The van der Waals surface area contributed by atoms with Crippen molar-refractivity contribution in [3.05, 3.63) is 39.6 Å². The molecule has 1 N–H and O–H groups in total. The van der Waals surface area contributed by atoms with E-state index >= 15 is 0 Å². The summed E-state index contributed by atoms with van der Waals surface area (Å²) in [5.74, 6) is 0.920. The average Bonchev–Trinajstić information content (AvgIpc) is 3.03. The molecule has 0 bridgehead atoms. The summed E-state index contributed by atoms with van der Waals surface area (Å²) in [6.45, 7) is 2.04. The van der Waals surface area contributed by atoms with Crippen molar-refractivity contribution in [3.63, 3.8) is 0 Å². The molecule has 106 valence electrons. The number of halogens is 2. The minimum atomic E-state index is 0.578. The maximum Gasteiger partial charge on any atom is 0.207 e. The second-order valence-electron chi connectivity index (χ2n) is 5.31. The van der Waals surface area contributed by atoms with E-state index in [2.05, 4.69) is 37.0 Å². The lowest BCUT2D eigenvalue weighted by atomic mass is 10.2. The first-order valence-electron chi connectivity index (χ1n) is 6.91. The van der Waals surface area contributed by atoms with E-state index in [0.29, 0.717) is 11.1 Å². The lowest BCUT2D eigenvalue weighted by Gasteiger charge is -2.15. The molecule has 1 saturated carbocycles. The minimum Gasteiger partial charge on any atom is -0.326 e. The third kappa shape index (κ3) is 2.86. The van der Waals surface area contributed by atoms with Gasteiger partial charge in [0.15, 0.2) is 0 Å². The number of nitrogens with one attached hydrogen (secondary N) is 1. The first-order valence-corrected chi connectivity index (χ1v) is 8.08. The zero-order valence-corrected chi connectivity index (χ0v) is 13.7. The summed E-state index contributed by atoms with van der Waals surface area (Å²) >= 11 is 9.48. The summed E-state index contributed by atoms with van der Waals surface area (Å²) < 4.78 is 3.17.